The summed E-state index contributed by atoms with van der Waals surface area (Å²) in [5, 5.41) is 4.26. The first-order valence-corrected chi connectivity index (χ1v) is 8.00. The van der Waals surface area contributed by atoms with Crippen LogP contribution in [-0.4, -0.2) is 33.9 Å². The number of hydrogen-bond acceptors (Lipinski definition) is 3. The lowest BCUT2D eigenvalue weighted by atomic mass is 10.1. The Morgan fingerprint density at radius 2 is 1.96 bits per heavy atom. The summed E-state index contributed by atoms with van der Waals surface area (Å²) >= 11 is 0. The van der Waals surface area contributed by atoms with Crippen LogP contribution in [0.1, 0.15) is 5.56 Å². The van der Waals surface area contributed by atoms with Gasteiger partial charge in [0.25, 0.3) is 0 Å². The van der Waals surface area contributed by atoms with Crippen LogP contribution in [0.3, 0.4) is 0 Å². The third-order valence-electron chi connectivity index (χ3n) is 4.14. The summed E-state index contributed by atoms with van der Waals surface area (Å²) in [5.41, 5.74) is 2.28. The fourth-order valence-corrected chi connectivity index (χ4v) is 2.92. The summed E-state index contributed by atoms with van der Waals surface area (Å²) in [5.74, 6) is 0.0331. The molecule has 1 saturated heterocycles. The highest BCUT2D eigenvalue weighted by Gasteiger charge is 2.28. The standard InChI is InChI=1S/C19H18FN3O/c20-18-7-1-2-8-19(18)24-17-13-22(14-17)12-15-5-3-6-16(11-15)23-10-4-9-21-23/h1-11,17H,12-14H2. The molecule has 0 bridgehead atoms. The van der Waals surface area contributed by atoms with Crippen molar-refractivity contribution < 1.29 is 9.13 Å². The highest BCUT2D eigenvalue weighted by molar-refractivity contribution is 5.35. The largest absolute Gasteiger partial charge is 0.485 e. The highest BCUT2D eigenvalue weighted by Crippen LogP contribution is 2.22. The summed E-state index contributed by atoms with van der Waals surface area (Å²) < 4.78 is 21.1. The summed E-state index contributed by atoms with van der Waals surface area (Å²) in [4.78, 5) is 2.29. The van der Waals surface area contributed by atoms with Crippen molar-refractivity contribution in [3.05, 3.63) is 78.4 Å². The van der Waals surface area contributed by atoms with E-state index in [-0.39, 0.29) is 11.9 Å². The Balaban J connectivity index is 1.34. The van der Waals surface area contributed by atoms with Gasteiger partial charge in [-0.15, -0.1) is 0 Å². The summed E-state index contributed by atoms with van der Waals surface area (Å²) in [6.07, 6.45) is 3.75. The number of rotatable bonds is 5. The maximum atomic E-state index is 13.6. The molecule has 1 aliphatic heterocycles. The third-order valence-corrected chi connectivity index (χ3v) is 4.14. The van der Waals surface area contributed by atoms with Crippen molar-refractivity contribution in [1.29, 1.82) is 0 Å². The number of para-hydroxylation sites is 1. The van der Waals surface area contributed by atoms with Gasteiger partial charge in [-0.1, -0.05) is 24.3 Å². The second kappa shape index (κ2) is 6.45. The van der Waals surface area contributed by atoms with Gasteiger partial charge in [0.05, 0.1) is 5.69 Å². The van der Waals surface area contributed by atoms with Gasteiger partial charge in [-0.05, 0) is 35.9 Å². The molecule has 2 heterocycles. The predicted octanol–water partition coefficient (Wildman–Crippen LogP) is 3.27. The van der Waals surface area contributed by atoms with Gasteiger partial charge in [0, 0.05) is 32.0 Å². The van der Waals surface area contributed by atoms with E-state index >= 15 is 0 Å². The van der Waals surface area contributed by atoms with Crippen LogP contribution in [0.25, 0.3) is 5.69 Å². The first kappa shape index (κ1) is 14.9. The van der Waals surface area contributed by atoms with Gasteiger partial charge < -0.3 is 4.74 Å². The van der Waals surface area contributed by atoms with Gasteiger partial charge in [0.15, 0.2) is 11.6 Å². The molecule has 0 saturated carbocycles. The van der Waals surface area contributed by atoms with Crippen molar-refractivity contribution in [2.75, 3.05) is 13.1 Å². The number of halogens is 1. The zero-order valence-electron chi connectivity index (χ0n) is 13.2. The smallest absolute Gasteiger partial charge is 0.165 e. The van der Waals surface area contributed by atoms with E-state index in [0.717, 1.165) is 25.3 Å². The van der Waals surface area contributed by atoms with E-state index in [1.54, 1.807) is 24.4 Å². The number of likely N-dealkylation sites (tertiary alicyclic amines) is 1. The Bertz CT molecular complexity index is 813. The SMILES string of the molecule is Fc1ccccc1OC1CN(Cc2cccc(-n3cccn3)c2)C1. The fourth-order valence-electron chi connectivity index (χ4n) is 2.92. The monoisotopic (exact) mass is 323 g/mol. The van der Waals surface area contributed by atoms with Crippen LogP contribution in [0, 0.1) is 5.82 Å². The first-order valence-electron chi connectivity index (χ1n) is 8.00. The molecule has 0 aliphatic carbocycles. The number of hydrogen-bond donors (Lipinski definition) is 0. The van der Waals surface area contributed by atoms with Crippen LogP contribution in [0.2, 0.25) is 0 Å². The zero-order chi connectivity index (χ0) is 16.4. The molecule has 2 aromatic carbocycles. The van der Waals surface area contributed by atoms with Gasteiger partial charge in [-0.3, -0.25) is 4.90 Å². The van der Waals surface area contributed by atoms with Crippen LogP contribution < -0.4 is 4.74 Å². The molecule has 0 unspecified atom stereocenters. The Morgan fingerprint density at radius 3 is 2.75 bits per heavy atom. The van der Waals surface area contributed by atoms with Crippen molar-refractivity contribution in [1.82, 2.24) is 14.7 Å². The minimum absolute atomic E-state index is 0.0520. The molecule has 1 fully saturated rings. The van der Waals surface area contributed by atoms with Gasteiger partial charge in [-0.2, -0.15) is 5.10 Å². The maximum absolute atomic E-state index is 13.6. The Morgan fingerprint density at radius 1 is 1.08 bits per heavy atom. The number of ether oxygens (including phenoxy) is 1. The molecule has 24 heavy (non-hydrogen) atoms. The van der Waals surface area contributed by atoms with Crippen molar-refractivity contribution in [2.24, 2.45) is 0 Å². The highest BCUT2D eigenvalue weighted by atomic mass is 19.1. The molecule has 0 spiro atoms. The summed E-state index contributed by atoms with van der Waals surface area (Å²) in [6.45, 7) is 2.47. The molecule has 122 valence electrons. The van der Waals surface area contributed by atoms with E-state index in [1.165, 1.54) is 11.6 Å². The van der Waals surface area contributed by atoms with Gasteiger partial charge in [0.1, 0.15) is 6.10 Å². The van der Waals surface area contributed by atoms with E-state index in [0.29, 0.717) is 5.75 Å². The molecule has 3 aromatic rings. The number of nitrogens with zero attached hydrogens (tertiary/aromatic N) is 3. The molecule has 4 nitrogen and oxygen atoms in total. The summed E-state index contributed by atoms with van der Waals surface area (Å²) in [7, 11) is 0. The molecule has 0 atom stereocenters. The molecule has 1 aliphatic rings. The van der Waals surface area contributed by atoms with Gasteiger partial charge in [-0.25, -0.2) is 9.07 Å². The van der Waals surface area contributed by atoms with Crippen molar-refractivity contribution in [3.8, 4) is 11.4 Å². The Kier molecular flexibility index (Phi) is 4.01. The quantitative estimate of drug-likeness (QED) is 0.722. The lowest BCUT2D eigenvalue weighted by Gasteiger charge is -2.39. The normalized spacial score (nSPS) is 15.2. The predicted molar refractivity (Wildman–Crippen MR) is 89.7 cm³/mol. The Labute approximate surface area is 140 Å². The molecule has 0 radical (unpaired) electrons. The van der Waals surface area contributed by atoms with E-state index in [1.807, 2.05) is 29.1 Å². The first-order chi connectivity index (χ1) is 11.8. The molecule has 5 heteroatoms. The van der Waals surface area contributed by atoms with E-state index in [4.69, 9.17) is 4.74 Å². The van der Waals surface area contributed by atoms with Crippen molar-refractivity contribution >= 4 is 0 Å². The minimum Gasteiger partial charge on any atom is -0.485 e. The maximum Gasteiger partial charge on any atom is 0.165 e. The van der Waals surface area contributed by atoms with Crippen LogP contribution in [-0.2, 0) is 6.54 Å². The lowest BCUT2D eigenvalue weighted by molar-refractivity contribution is 0.0123. The van der Waals surface area contributed by atoms with Crippen molar-refractivity contribution in [2.45, 2.75) is 12.6 Å². The molecule has 4 rings (SSSR count). The second-order valence-corrected chi connectivity index (χ2v) is 5.98. The average molecular weight is 323 g/mol. The molecular weight excluding hydrogens is 305 g/mol. The number of benzene rings is 2. The minimum atomic E-state index is -0.303. The molecule has 1 aromatic heterocycles. The zero-order valence-corrected chi connectivity index (χ0v) is 13.2. The van der Waals surface area contributed by atoms with Gasteiger partial charge >= 0.3 is 0 Å². The average Bonchev–Trinajstić information content (AvgIpc) is 3.09. The molecule has 0 N–H and O–H groups in total. The van der Waals surface area contributed by atoms with Gasteiger partial charge in [0.2, 0.25) is 0 Å². The topological polar surface area (TPSA) is 30.3 Å². The lowest BCUT2D eigenvalue weighted by Crippen LogP contribution is -2.53. The van der Waals surface area contributed by atoms with E-state index < -0.39 is 0 Å². The van der Waals surface area contributed by atoms with E-state index in [2.05, 4.69) is 22.1 Å². The molecular formula is C19H18FN3O. The Hall–Kier alpha value is -2.66. The number of aromatic nitrogens is 2. The third kappa shape index (κ3) is 3.16. The van der Waals surface area contributed by atoms with Crippen LogP contribution in [0.5, 0.6) is 5.75 Å². The van der Waals surface area contributed by atoms with Crippen molar-refractivity contribution in [3.63, 3.8) is 0 Å². The van der Waals surface area contributed by atoms with Crippen LogP contribution in [0.4, 0.5) is 4.39 Å². The molecule has 0 amide bonds. The van der Waals surface area contributed by atoms with Crippen LogP contribution >= 0.6 is 0 Å². The summed E-state index contributed by atoms with van der Waals surface area (Å²) in [6, 6.07) is 16.8. The fraction of sp³-hybridized carbons (Fsp3) is 0.211. The van der Waals surface area contributed by atoms with Crippen LogP contribution in [0.15, 0.2) is 67.0 Å². The van der Waals surface area contributed by atoms with E-state index in [9.17, 15) is 4.39 Å². The second-order valence-electron chi connectivity index (χ2n) is 5.98.